The van der Waals surface area contributed by atoms with Crippen LogP contribution in [0.2, 0.25) is 0 Å². The largest absolute Gasteiger partial charge is 0.303 e. The molecule has 1 aliphatic heterocycles. The van der Waals surface area contributed by atoms with E-state index < -0.39 is 0 Å². The molecule has 1 unspecified atom stereocenters. The van der Waals surface area contributed by atoms with Gasteiger partial charge in [-0.2, -0.15) is 0 Å². The minimum atomic E-state index is 0.709. The van der Waals surface area contributed by atoms with Gasteiger partial charge in [-0.15, -0.1) is 0 Å². The molecule has 0 radical (unpaired) electrons. The highest BCUT2D eigenvalue weighted by Gasteiger charge is 2.21. The van der Waals surface area contributed by atoms with Crippen LogP contribution in [0, 0.1) is 5.92 Å². The first-order chi connectivity index (χ1) is 6.24. The molecule has 1 atom stereocenters. The van der Waals surface area contributed by atoms with E-state index in [9.17, 15) is 0 Å². The Labute approximate surface area is 91.0 Å². The summed E-state index contributed by atoms with van der Waals surface area (Å²) >= 11 is 3.69. The number of alkyl halides is 1. The van der Waals surface area contributed by atoms with Gasteiger partial charge in [0.25, 0.3) is 0 Å². The SMILES string of the molecule is CCCCN1CCC(C(C)Br)CC1. The van der Waals surface area contributed by atoms with E-state index in [-0.39, 0.29) is 0 Å². The third-order valence-electron chi connectivity index (χ3n) is 3.11. The van der Waals surface area contributed by atoms with Crippen LogP contribution in [0.1, 0.15) is 39.5 Å². The molecule has 1 heterocycles. The second-order valence-corrected chi connectivity index (χ2v) is 5.65. The minimum absolute atomic E-state index is 0.709. The van der Waals surface area contributed by atoms with Crippen molar-refractivity contribution < 1.29 is 0 Å². The molecule has 13 heavy (non-hydrogen) atoms. The molecular weight excluding hydrogens is 226 g/mol. The van der Waals surface area contributed by atoms with Gasteiger partial charge in [-0.05, 0) is 44.8 Å². The quantitative estimate of drug-likeness (QED) is 0.690. The van der Waals surface area contributed by atoms with Crippen LogP contribution in [0.3, 0.4) is 0 Å². The molecule has 0 amide bonds. The fraction of sp³-hybridized carbons (Fsp3) is 1.00. The summed E-state index contributed by atoms with van der Waals surface area (Å²) in [6.45, 7) is 8.51. The Bertz CT molecular complexity index is 128. The molecule has 1 saturated heterocycles. The normalized spacial score (nSPS) is 23.3. The summed E-state index contributed by atoms with van der Waals surface area (Å²) in [6, 6.07) is 0. The van der Waals surface area contributed by atoms with Gasteiger partial charge in [0.1, 0.15) is 0 Å². The average Bonchev–Trinajstić information content (AvgIpc) is 2.15. The van der Waals surface area contributed by atoms with E-state index in [0.717, 1.165) is 5.92 Å². The summed E-state index contributed by atoms with van der Waals surface area (Å²) in [5.74, 6) is 0.915. The summed E-state index contributed by atoms with van der Waals surface area (Å²) in [6.07, 6.45) is 5.47. The molecule has 2 heteroatoms. The lowest BCUT2D eigenvalue weighted by Gasteiger charge is -2.33. The number of hydrogen-bond donors (Lipinski definition) is 0. The number of halogens is 1. The van der Waals surface area contributed by atoms with Gasteiger partial charge in [-0.25, -0.2) is 0 Å². The Kier molecular flexibility index (Phi) is 5.34. The van der Waals surface area contributed by atoms with Crippen LogP contribution in [-0.2, 0) is 0 Å². The molecule has 1 aliphatic rings. The Hall–Kier alpha value is 0.440. The van der Waals surface area contributed by atoms with Crippen molar-refractivity contribution in [3.63, 3.8) is 0 Å². The molecule has 1 fully saturated rings. The molecule has 0 saturated carbocycles. The Morgan fingerprint density at radius 3 is 2.46 bits per heavy atom. The Morgan fingerprint density at radius 1 is 1.38 bits per heavy atom. The molecule has 0 spiro atoms. The molecule has 0 bridgehead atoms. The number of likely N-dealkylation sites (tertiary alicyclic amines) is 1. The second-order valence-electron chi connectivity index (χ2n) is 4.21. The predicted molar refractivity (Wildman–Crippen MR) is 62.5 cm³/mol. The summed E-state index contributed by atoms with van der Waals surface area (Å²) < 4.78 is 0. The maximum Gasteiger partial charge on any atom is 0.0146 e. The zero-order valence-electron chi connectivity index (χ0n) is 8.93. The number of unbranched alkanes of at least 4 members (excludes halogenated alkanes) is 1. The number of piperidine rings is 1. The monoisotopic (exact) mass is 247 g/mol. The zero-order chi connectivity index (χ0) is 9.68. The van der Waals surface area contributed by atoms with Crippen molar-refractivity contribution in [3.8, 4) is 0 Å². The first-order valence-electron chi connectivity index (χ1n) is 5.60. The minimum Gasteiger partial charge on any atom is -0.303 e. The van der Waals surface area contributed by atoms with Crippen LogP contribution in [0.25, 0.3) is 0 Å². The first kappa shape index (κ1) is 11.5. The van der Waals surface area contributed by atoms with Crippen LogP contribution in [0.15, 0.2) is 0 Å². The van der Waals surface area contributed by atoms with Crippen molar-refractivity contribution in [2.75, 3.05) is 19.6 Å². The molecule has 0 aromatic rings. The molecule has 1 rings (SSSR count). The topological polar surface area (TPSA) is 3.24 Å². The van der Waals surface area contributed by atoms with Crippen molar-refractivity contribution in [3.05, 3.63) is 0 Å². The van der Waals surface area contributed by atoms with E-state index in [0.29, 0.717) is 4.83 Å². The van der Waals surface area contributed by atoms with E-state index in [1.54, 1.807) is 0 Å². The number of rotatable bonds is 4. The molecule has 0 aromatic heterocycles. The van der Waals surface area contributed by atoms with Crippen molar-refractivity contribution in [1.29, 1.82) is 0 Å². The highest BCUT2D eigenvalue weighted by molar-refractivity contribution is 9.09. The van der Waals surface area contributed by atoms with Gasteiger partial charge in [0, 0.05) is 4.83 Å². The van der Waals surface area contributed by atoms with Crippen molar-refractivity contribution in [1.82, 2.24) is 4.90 Å². The molecule has 78 valence electrons. The molecular formula is C11H22BrN. The van der Waals surface area contributed by atoms with Crippen molar-refractivity contribution in [2.45, 2.75) is 44.4 Å². The van der Waals surface area contributed by atoms with Crippen LogP contribution in [0.4, 0.5) is 0 Å². The van der Waals surface area contributed by atoms with Gasteiger partial charge < -0.3 is 4.90 Å². The summed E-state index contributed by atoms with van der Waals surface area (Å²) in [5, 5.41) is 0. The van der Waals surface area contributed by atoms with Crippen molar-refractivity contribution >= 4 is 15.9 Å². The van der Waals surface area contributed by atoms with E-state index in [2.05, 4.69) is 34.7 Å². The average molecular weight is 248 g/mol. The van der Waals surface area contributed by atoms with Gasteiger partial charge >= 0.3 is 0 Å². The maximum absolute atomic E-state index is 3.69. The molecule has 0 aliphatic carbocycles. The van der Waals surface area contributed by atoms with Crippen LogP contribution < -0.4 is 0 Å². The van der Waals surface area contributed by atoms with Gasteiger partial charge in [0.2, 0.25) is 0 Å². The fourth-order valence-corrected chi connectivity index (χ4v) is 2.55. The summed E-state index contributed by atoms with van der Waals surface area (Å²) in [4.78, 5) is 3.33. The zero-order valence-corrected chi connectivity index (χ0v) is 10.5. The summed E-state index contributed by atoms with van der Waals surface area (Å²) in [7, 11) is 0. The van der Waals surface area contributed by atoms with Gasteiger partial charge in [-0.1, -0.05) is 36.2 Å². The molecule has 1 nitrogen and oxygen atoms in total. The third kappa shape index (κ3) is 3.99. The summed E-state index contributed by atoms with van der Waals surface area (Å²) in [5.41, 5.74) is 0. The maximum atomic E-state index is 3.69. The first-order valence-corrected chi connectivity index (χ1v) is 6.52. The number of hydrogen-bond acceptors (Lipinski definition) is 1. The second kappa shape index (κ2) is 6.02. The van der Waals surface area contributed by atoms with E-state index in [1.165, 1.54) is 45.3 Å². The molecule has 0 N–H and O–H groups in total. The van der Waals surface area contributed by atoms with Crippen molar-refractivity contribution in [2.24, 2.45) is 5.92 Å². The lowest BCUT2D eigenvalue weighted by Crippen LogP contribution is -2.36. The predicted octanol–water partition coefficient (Wildman–Crippen LogP) is 3.28. The Balaban J connectivity index is 2.15. The number of nitrogens with zero attached hydrogens (tertiary/aromatic N) is 1. The van der Waals surface area contributed by atoms with Crippen LogP contribution in [0.5, 0.6) is 0 Å². The standard InChI is InChI=1S/C11H22BrN/c1-3-4-7-13-8-5-11(6-9-13)10(2)12/h10-11H,3-9H2,1-2H3. The van der Waals surface area contributed by atoms with E-state index in [1.807, 2.05) is 0 Å². The van der Waals surface area contributed by atoms with Gasteiger partial charge in [0.05, 0.1) is 0 Å². The Morgan fingerprint density at radius 2 is 2.00 bits per heavy atom. The third-order valence-corrected chi connectivity index (χ3v) is 3.86. The highest BCUT2D eigenvalue weighted by atomic mass is 79.9. The lowest BCUT2D eigenvalue weighted by atomic mass is 9.94. The van der Waals surface area contributed by atoms with E-state index >= 15 is 0 Å². The lowest BCUT2D eigenvalue weighted by molar-refractivity contribution is 0.183. The smallest absolute Gasteiger partial charge is 0.0146 e. The van der Waals surface area contributed by atoms with Crippen LogP contribution >= 0.6 is 15.9 Å². The molecule has 0 aromatic carbocycles. The van der Waals surface area contributed by atoms with Gasteiger partial charge in [0.15, 0.2) is 0 Å². The van der Waals surface area contributed by atoms with Gasteiger partial charge in [-0.3, -0.25) is 0 Å². The van der Waals surface area contributed by atoms with E-state index in [4.69, 9.17) is 0 Å². The highest BCUT2D eigenvalue weighted by Crippen LogP contribution is 2.24. The fourth-order valence-electron chi connectivity index (χ4n) is 2.02. The van der Waals surface area contributed by atoms with Crippen LogP contribution in [-0.4, -0.2) is 29.4 Å².